The topological polar surface area (TPSA) is 47.4 Å². The third kappa shape index (κ3) is 3.79. The molecule has 1 atom stereocenters. The zero-order valence-electron chi connectivity index (χ0n) is 14.0. The summed E-state index contributed by atoms with van der Waals surface area (Å²) in [4.78, 5) is 15.3. The predicted molar refractivity (Wildman–Crippen MR) is 93.5 cm³/mol. The lowest BCUT2D eigenvalue weighted by Crippen LogP contribution is -2.38. The molecular weight excluding hydrogens is 326 g/mol. The molecule has 0 amide bonds. The second-order valence-corrected chi connectivity index (χ2v) is 6.74. The third-order valence-corrected chi connectivity index (χ3v) is 4.70. The van der Waals surface area contributed by atoms with Gasteiger partial charge >= 0.3 is 0 Å². The number of piperidine rings is 1. The zero-order valence-corrected chi connectivity index (χ0v) is 14.8. The van der Waals surface area contributed by atoms with Gasteiger partial charge in [0.25, 0.3) is 0 Å². The van der Waals surface area contributed by atoms with Gasteiger partial charge < -0.3 is 4.74 Å². The van der Waals surface area contributed by atoms with Crippen molar-refractivity contribution in [1.29, 1.82) is 0 Å². The van der Waals surface area contributed by atoms with Crippen molar-refractivity contribution in [3.63, 3.8) is 0 Å². The lowest BCUT2D eigenvalue weighted by molar-refractivity contribution is 0.0808. The molecule has 1 aliphatic rings. The average molecular weight is 348 g/mol. The van der Waals surface area contributed by atoms with Crippen molar-refractivity contribution in [1.82, 2.24) is 14.7 Å². The number of ketones is 1. The van der Waals surface area contributed by atoms with E-state index in [1.807, 2.05) is 19.4 Å². The Hall–Kier alpha value is -1.85. The van der Waals surface area contributed by atoms with Crippen LogP contribution in [0.3, 0.4) is 0 Å². The Morgan fingerprint density at radius 3 is 3.00 bits per heavy atom. The highest BCUT2D eigenvalue weighted by molar-refractivity contribution is 6.31. The fraction of sp³-hybridized carbons (Fsp3) is 0.444. The molecule has 2 heterocycles. The molecule has 1 aromatic carbocycles. The Balaban J connectivity index is 1.72. The quantitative estimate of drug-likeness (QED) is 0.779. The highest BCUT2D eigenvalue weighted by atomic mass is 35.5. The lowest BCUT2D eigenvalue weighted by atomic mass is 9.89. The first kappa shape index (κ1) is 17.0. The number of rotatable bonds is 5. The summed E-state index contributed by atoms with van der Waals surface area (Å²) in [5.74, 6) is 0.682. The van der Waals surface area contributed by atoms with Crippen LogP contribution >= 0.6 is 11.6 Å². The van der Waals surface area contributed by atoms with Gasteiger partial charge in [-0.05, 0) is 37.6 Å². The van der Waals surface area contributed by atoms with Crippen molar-refractivity contribution in [2.75, 3.05) is 20.2 Å². The highest BCUT2D eigenvalue weighted by Crippen LogP contribution is 2.29. The van der Waals surface area contributed by atoms with Crippen LogP contribution in [-0.2, 0) is 13.6 Å². The Morgan fingerprint density at radius 2 is 2.29 bits per heavy atom. The second-order valence-electron chi connectivity index (χ2n) is 6.31. The molecular formula is C18H22ClN3O2. The summed E-state index contributed by atoms with van der Waals surface area (Å²) in [7, 11) is 3.49. The van der Waals surface area contributed by atoms with Crippen LogP contribution in [0.15, 0.2) is 30.6 Å². The van der Waals surface area contributed by atoms with Gasteiger partial charge in [-0.2, -0.15) is 5.10 Å². The Bertz CT molecular complexity index is 729. The van der Waals surface area contributed by atoms with Crippen LogP contribution < -0.4 is 4.74 Å². The van der Waals surface area contributed by atoms with Crippen molar-refractivity contribution in [2.45, 2.75) is 19.4 Å². The molecule has 1 aromatic heterocycles. The van der Waals surface area contributed by atoms with Crippen molar-refractivity contribution in [3.8, 4) is 5.75 Å². The first-order valence-corrected chi connectivity index (χ1v) is 8.52. The summed E-state index contributed by atoms with van der Waals surface area (Å²) >= 11 is 6.07. The fourth-order valence-electron chi connectivity index (χ4n) is 3.32. The first-order valence-electron chi connectivity index (χ1n) is 8.14. The van der Waals surface area contributed by atoms with E-state index in [4.69, 9.17) is 16.3 Å². The predicted octanol–water partition coefficient (Wildman–Crippen LogP) is 3.18. The van der Waals surface area contributed by atoms with Crippen LogP contribution in [0.5, 0.6) is 5.75 Å². The highest BCUT2D eigenvalue weighted by Gasteiger charge is 2.28. The van der Waals surface area contributed by atoms with Gasteiger partial charge in [-0.3, -0.25) is 14.4 Å². The summed E-state index contributed by atoms with van der Waals surface area (Å²) in [5, 5.41) is 4.77. The minimum atomic E-state index is -0.0252. The summed E-state index contributed by atoms with van der Waals surface area (Å²) in [6.07, 6.45) is 5.81. The maximum Gasteiger partial charge on any atom is 0.170 e. The molecule has 1 aliphatic heterocycles. The number of nitrogens with zero attached hydrogens (tertiary/aromatic N) is 3. The lowest BCUT2D eigenvalue weighted by Gasteiger charge is -2.31. The molecule has 0 saturated carbocycles. The third-order valence-electron chi connectivity index (χ3n) is 4.47. The van der Waals surface area contributed by atoms with Crippen molar-refractivity contribution in [3.05, 3.63) is 46.7 Å². The molecule has 0 spiro atoms. The number of hydrogen-bond acceptors (Lipinski definition) is 4. The Labute approximate surface area is 147 Å². The molecule has 0 unspecified atom stereocenters. The molecule has 5 nitrogen and oxygen atoms in total. The Kier molecular flexibility index (Phi) is 5.21. The van der Waals surface area contributed by atoms with Gasteiger partial charge in [0.2, 0.25) is 0 Å². The molecule has 6 heteroatoms. The summed E-state index contributed by atoms with van der Waals surface area (Å²) < 4.78 is 7.14. The molecule has 0 aliphatic carbocycles. The van der Waals surface area contributed by atoms with Crippen LogP contribution in [0.2, 0.25) is 5.02 Å². The first-order chi connectivity index (χ1) is 11.6. The molecule has 3 rings (SSSR count). The number of ether oxygens (including phenoxy) is 1. The van der Waals surface area contributed by atoms with E-state index < -0.39 is 0 Å². The van der Waals surface area contributed by atoms with Gasteiger partial charge in [-0.25, -0.2) is 0 Å². The van der Waals surface area contributed by atoms with Crippen LogP contribution in [0.1, 0.15) is 28.8 Å². The maximum atomic E-state index is 13.0. The maximum absolute atomic E-state index is 13.0. The van der Waals surface area contributed by atoms with Crippen molar-refractivity contribution in [2.24, 2.45) is 13.0 Å². The molecule has 0 N–H and O–H groups in total. The van der Waals surface area contributed by atoms with E-state index in [0.717, 1.165) is 32.5 Å². The van der Waals surface area contributed by atoms with E-state index in [0.29, 0.717) is 16.3 Å². The standard InChI is InChI=1S/C18H22ClN3O2/c1-21-10-13(9-20-21)11-22-7-3-4-14(12-22)18(23)16-8-15(19)5-6-17(16)24-2/h5-6,8-10,14H,3-4,7,11-12H2,1-2H3/t14-/m1/s1. The normalized spacial score (nSPS) is 18.5. The number of carbonyl (C=O) groups excluding carboxylic acids is 1. The van der Waals surface area contributed by atoms with E-state index in [-0.39, 0.29) is 11.7 Å². The largest absolute Gasteiger partial charge is 0.496 e. The van der Waals surface area contributed by atoms with Gasteiger partial charge in [0.1, 0.15) is 5.75 Å². The summed E-state index contributed by atoms with van der Waals surface area (Å²) in [6, 6.07) is 5.21. The van der Waals surface area contributed by atoms with Gasteiger partial charge in [0, 0.05) is 42.8 Å². The average Bonchev–Trinajstić information content (AvgIpc) is 2.99. The van der Waals surface area contributed by atoms with E-state index in [1.54, 1.807) is 30.0 Å². The van der Waals surface area contributed by atoms with Crippen LogP contribution in [0.4, 0.5) is 0 Å². The molecule has 0 bridgehead atoms. The number of likely N-dealkylation sites (tertiary alicyclic amines) is 1. The van der Waals surface area contributed by atoms with Gasteiger partial charge in [0.05, 0.1) is 18.9 Å². The SMILES string of the molecule is COc1ccc(Cl)cc1C(=O)[C@@H]1CCCN(Cc2cnn(C)c2)C1. The number of halogens is 1. The van der Waals surface area contributed by atoms with E-state index in [2.05, 4.69) is 10.00 Å². The van der Waals surface area contributed by atoms with Crippen LogP contribution in [0.25, 0.3) is 0 Å². The Morgan fingerprint density at radius 1 is 1.46 bits per heavy atom. The van der Waals surface area contributed by atoms with E-state index in [9.17, 15) is 4.79 Å². The van der Waals surface area contributed by atoms with E-state index >= 15 is 0 Å². The van der Waals surface area contributed by atoms with Gasteiger partial charge in [-0.1, -0.05) is 11.6 Å². The monoisotopic (exact) mass is 347 g/mol. The number of aromatic nitrogens is 2. The number of methoxy groups -OCH3 is 1. The molecule has 128 valence electrons. The molecule has 2 aromatic rings. The molecule has 1 fully saturated rings. The minimum Gasteiger partial charge on any atom is -0.496 e. The van der Waals surface area contributed by atoms with Gasteiger partial charge in [-0.15, -0.1) is 0 Å². The molecule has 1 saturated heterocycles. The second kappa shape index (κ2) is 7.36. The smallest absolute Gasteiger partial charge is 0.170 e. The molecule has 0 radical (unpaired) electrons. The minimum absolute atomic E-state index is 0.0252. The van der Waals surface area contributed by atoms with Crippen molar-refractivity contribution >= 4 is 17.4 Å². The number of aryl methyl sites for hydroxylation is 1. The van der Waals surface area contributed by atoms with Crippen LogP contribution in [0, 0.1) is 5.92 Å². The number of benzene rings is 1. The number of carbonyl (C=O) groups is 1. The van der Waals surface area contributed by atoms with Gasteiger partial charge in [0.15, 0.2) is 5.78 Å². The fourth-order valence-corrected chi connectivity index (χ4v) is 3.49. The van der Waals surface area contributed by atoms with Crippen LogP contribution in [-0.4, -0.2) is 40.7 Å². The van der Waals surface area contributed by atoms with E-state index in [1.165, 1.54) is 5.56 Å². The summed E-state index contributed by atoms with van der Waals surface area (Å²) in [6.45, 7) is 2.58. The number of hydrogen-bond donors (Lipinski definition) is 0. The number of Topliss-reactive ketones (excluding diaryl/α,β-unsaturated/α-hetero) is 1. The zero-order chi connectivity index (χ0) is 17.1. The summed E-state index contributed by atoms with van der Waals surface area (Å²) in [5.41, 5.74) is 1.75. The molecule has 24 heavy (non-hydrogen) atoms. The van der Waals surface area contributed by atoms with Crippen molar-refractivity contribution < 1.29 is 9.53 Å².